The van der Waals surface area contributed by atoms with Crippen LogP contribution in [0.3, 0.4) is 0 Å². The zero-order valence-electron chi connectivity index (χ0n) is 15.0. The number of rotatable bonds is 11. The van der Waals surface area contributed by atoms with Gasteiger partial charge in [-0.1, -0.05) is 68.3 Å². The maximum atomic E-state index is 13.5. The smallest absolute Gasteiger partial charge is 0.416 e. The van der Waals surface area contributed by atoms with Crippen molar-refractivity contribution in [3.63, 3.8) is 0 Å². The zero-order chi connectivity index (χ0) is 20.6. The van der Waals surface area contributed by atoms with Gasteiger partial charge in [-0.3, -0.25) is 4.57 Å². The van der Waals surface area contributed by atoms with Crippen molar-refractivity contribution >= 4 is 47.1 Å². The predicted octanol–water partition coefficient (Wildman–Crippen LogP) is 5.39. The summed E-state index contributed by atoms with van der Waals surface area (Å²) in [6.45, 7) is 0. The van der Waals surface area contributed by atoms with Crippen LogP contribution in [0.25, 0.3) is 0 Å². The van der Waals surface area contributed by atoms with Gasteiger partial charge in [-0.05, 0) is 36.1 Å². The van der Waals surface area contributed by atoms with Crippen LogP contribution in [0.2, 0.25) is 0 Å². The van der Waals surface area contributed by atoms with Gasteiger partial charge >= 0.3 is 15.2 Å². The van der Waals surface area contributed by atoms with Crippen LogP contribution in [0.15, 0.2) is 48.5 Å². The SMILES string of the molecule is O=P(O)(O)CCP(=O)(Oc1ccccc1CCBr)Oc1ccccc1CCBr. The second-order valence-electron chi connectivity index (χ2n) is 6.00. The molecule has 2 N–H and O–H groups in total. The van der Waals surface area contributed by atoms with E-state index in [1.165, 1.54) is 0 Å². The largest absolute Gasteiger partial charge is 0.431 e. The molecule has 0 bridgehead atoms. The lowest BCUT2D eigenvalue weighted by Gasteiger charge is -2.23. The minimum atomic E-state index is -4.37. The first-order valence-corrected chi connectivity index (χ1v) is 14.3. The zero-order valence-corrected chi connectivity index (χ0v) is 20.0. The van der Waals surface area contributed by atoms with Crippen LogP contribution in [0.1, 0.15) is 11.1 Å². The third kappa shape index (κ3) is 7.66. The summed E-state index contributed by atoms with van der Waals surface area (Å²) in [7, 11) is -8.25. The number of hydrogen-bond donors (Lipinski definition) is 2. The van der Waals surface area contributed by atoms with E-state index < -0.39 is 27.5 Å². The van der Waals surface area contributed by atoms with Crippen LogP contribution in [0.5, 0.6) is 11.5 Å². The van der Waals surface area contributed by atoms with Crippen LogP contribution in [0, 0.1) is 0 Å². The Morgan fingerprint density at radius 3 is 1.57 bits per heavy atom. The van der Waals surface area contributed by atoms with Crippen molar-refractivity contribution in [1.29, 1.82) is 0 Å². The van der Waals surface area contributed by atoms with Crippen molar-refractivity contribution in [3.05, 3.63) is 59.7 Å². The quantitative estimate of drug-likeness (QED) is 0.285. The highest BCUT2D eigenvalue weighted by Crippen LogP contribution is 2.52. The van der Waals surface area contributed by atoms with Crippen LogP contribution in [0.4, 0.5) is 0 Å². The molecule has 0 unspecified atom stereocenters. The lowest BCUT2D eigenvalue weighted by Crippen LogP contribution is -2.10. The van der Waals surface area contributed by atoms with Gasteiger partial charge in [0, 0.05) is 10.7 Å². The first kappa shape index (κ1) is 23.7. The summed E-state index contributed by atoms with van der Waals surface area (Å²) in [6, 6.07) is 14.2. The number of hydrogen-bond acceptors (Lipinski definition) is 4. The summed E-state index contributed by atoms with van der Waals surface area (Å²) >= 11 is 6.75. The highest BCUT2D eigenvalue weighted by molar-refractivity contribution is 9.09. The van der Waals surface area contributed by atoms with Gasteiger partial charge in [-0.2, -0.15) is 0 Å². The van der Waals surface area contributed by atoms with Crippen LogP contribution in [-0.2, 0) is 22.0 Å². The molecule has 2 aromatic rings. The Bertz CT molecular complexity index is 815. The average molecular weight is 556 g/mol. The molecule has 0 saturated heterocycles. The highest BCUT2D eigenvalue weighted by atomic mass is 79.9. The van der Waals surface area contributed by atoms with E-state index in [9.17, 15) is 18.9 Å². The summed E-state index contributed by atoms with van der Waals surface area (Å²) in [6.07, 6.45) is 0.303. The van der Waals surface area contributed by atoms with Gasteiger partial charge in [0.05, 0.1) is 12.3 Å². The van der Waals surface area contributed by atoms with E-state index >= 15 is 0 Å². The normalized spacial score (nSPS) is 12.0. The lowest BCUT2D eigenvalue weighted by molar-refractivity contribution is 0.365. The third-order valence-electron chi connectivity index (χ3n) is 3.81. The van der Waals surface area contributed by atoms with Crippen molar-refractivity contribution in [2.45, 2.75) is 12.8 Å². The fraction of sp³-hybridized carbons (Fsp3) is 0.333. The minimum Gasteiger partial charge on any atom is -0.416 e. The highest BCUT2D eigenvalue weighted by Gasteiger charge is 2.33. The second kappa shape index (κ2) is 11.0. The van der Waals surface area contributed by atoms with Crippen molar-refractivity contribution < 1.29 is 28.0 Å². The molecule has 0 fully saturated rings. The summed E-state index contributed by atoms with van der Waals surface area (Å²) in [4.78, 5) is 18.5. The molecule has 0 aliphatic carbocycles. The van der Waals surface area contributed by atoms with Crippen molar-refractivity contribution in [2.24, 2.45) is 0 Å². The van der Waals surface area contributed by atoms with E-state index in [0.717, 1.165) is 11.1 Å². The Labute approximate surface area is 181 Å². The van der Waals surface area contributed by atoms with E-state index in [-0.39, 0.29) is 0 Å². The molecule has 0 radical (unpaired) electrons. The summed E-state index contributed by atoms with van der Waals surface area (Å²) < 4.78 is 36.4. The van der Waals surface area contributed by atoms with E-state index in [2.05, 4.69) is 31.9 Å². The van der Waals surface area contributed by atoms with E-state index in [1.54, 1.807) is 24.3 Å². The molecule has 154 valence electrons. The third-order valence-corrected chi connectivity index (χ3v) is 7.49. The topological polar surface area (TPSA) is 93.1 Å². The Morgan fingerprint density at radius 2 is 1.18 bits per heavy atom. The molecule has 0 spiro atoms. The molecule has 0 aliphatic heterocycles. The monoisotopic (exact) mass is 554 g/mol. The minimum absolute atomic E-state index is 0.383. The first-order chi connectivity index (χ1) is 13.3. The Hall–Kier alpha value is -0.620. The van der Waals surface area contributed by atoms with Crippen molar-refractivity contribution in [2.75, 3.05) is 23.0 Å². The molecule has 0 aromatic heterocycles. The number of aryl methyl sites for hydroxylation is 2. The standard InChI is InChI=1S/C18H22Br2O6P2/c19-11-9-15-5-1-3-7-17(15)25-28(24,14-13-27(21,22)23)26-18-8-4-2-6-16(18)10-12-20/h1-8H,9-14H2,(H2,21,22,23). The maximum Gasteiger partial charge on any atom is 0.431 e. The molecular weight excluding hydrogens is 534 g/mol. The van der Waals surface area contributed by atoms with Crippen LogP contribution < -0.4 is 9.05 Å². The van der Waals surface area contributed by atoms with E-state index in [4.69, 9.17) is 9.05 Å². The van der Waals surface area contributed by atoms with Crippen molar-refractivity contribution in [3.8, 4) is 11.5 Å². The molecule has 2 rings (SSSR count). The molecule has 28 heavy (non-hydrogen) atoms. The molecule has 0 saturated carbocycles. The average Bonchev–Trinajstić information content (AvgIpc) is 2.63. The van der Waals surface area contributed by atoms with Gasteiger partial charge in [0.25, 0.3) is 0 Å². The number of alkyl halides is 2. The van der Waals surface area contributed by atoms with Crippen LogP contribution >= 0.6 is 47.1 Å². The molecule has 0 aliphatic rings. The lowest BCUT2D eigenvalue weighted by atomic mass is 10.1. The number of benzene rings is 2. The fourth-order valence-corrected chi connectivity index (χ4v) is 6.52. The van der Waals surface area contributed by atoms with Gasteiger partial charge in [0.2, 0.25) is 0 Å². The molecule has 0 amide bonds. The first-order valence-electron chi connectivity index (χ1n) is 8.57. The Kier molecular flexibility index (Phi) is 9.26. The Balaban J connectivity index is 2.35. The van der Waals surface area contributed by atoms with Crippen molar-refractivity contribution in [1.82, 2.24) is 0 Å². The predicted molar refractivity (Wildman–Crippen MR) is 119 cm³/mol. The molecular formula is C18H22Br2O6P2. The van der Waals surface area contributed by atoms with E-state index in [1.807, 2.05) is 24.3 Å². The summed E-state index contributed by atoms with van der Waals surface area (Å²) in [5.74, 6) is 0.767. The van der Waals surface area contributed by atoms with Gasteiger partial charge in [-0.25, -0.2) is 4.57 Å². The fourth-order valence-electron chi connectivity index (χ4n) is 2.46. The second-order valence-corrected chi connectivity index (χ2v) is 11.4. The summed E-state index contributed by atoms with van der Waals surface area (Å²) in [5.41, 5.74) is 1.65. The molecule has 0 atom stereocenters. The molecule has 10 heteroatoms. The maximum absolute atomic E-state index is 13.5. The number of para-hydroxylation sites is 2. The molecule has 0 heterocycles. The molecule has 6 nitrogen and oxygen atoms in total. The number of halogens is 2. The van der Waals surface area contributed by atoms with Gasteiger partial charge in [-0.15, -0.1) is 0 Å². The van der Waals surface area contributed by atoms with Gasteiger partial charge < -0.3 is 18.8 Å². The Morgan fingerprint density at radius 1 is 0.750 bits per heavy atom. The van der Waals surface area contributed by atoms with Gasteiger partial charge in [0.1, 0.15) is 11.5 Å². The summed E-state index contributed by atoms with van der Waals surface area (Å²) in [5, 5.41) is 1.38. The molecule has 2 aromatic carbocycles. The van der Waals surface area contributed by atoms with Gasteiger partial charge in [0.15, 0.2) is 0 Å². The van der Waals surface area contributed by atoms with Crippen LogP contribution in [-0.4, -0.2) is 32.8 Å². The van der Waals surface area contributed by atoms with E-state index in [0.29, 0.717) is 35.0 Å².